The van der Waals surface area contributed by atoms with E-state index in [2.05, 4.69) is 31.1 Å². The lowest BCUT2D eigenvalue weighted by Gasteiger charge is -2.02. The SMILES string of the molecule is COCOc1nocc1-c1cnc(Br)cn1. The van der Waals surface area contributed by atoms with E-state index in [4.69, 9.17) is 14.0 Å². The Morgan fingerprint density at radius 3 is 2.94 bits per heavy atom. The highest BCUT2D eigenvalue weighted by molar-refractivity contribution is 9.10. The third-order valence-electron chi connectivity index (χ3n) is 1.75. The monoisotopic (exact) mass is 285 g/mol. The standard InChI is InChI=1S/C9H8BrN3O3/c1-14-5-15-9-6(4-16-13-9)7-2-12-8(10)3-11-7/h2-4H,5H2,1H3. The molecule has 0 radical (unpaired) electrons. The molecule has 0 fully saturated rings. The molecule has 2 aromatic heterocycles. The van der Waals surface area contributed by atoms with Gasteiger partial charge in [-0.05, 0) is 21.1 Å². The molecule has 0 spiro atoms. The van der Waals surface area contributed by atoms with E-state index in [0.29, 0.717) is 21.7 Å². The Hall–Kier alpha value is -1.47. The van der Waals surface area contributed by atoms with Gasteiger partial charge in [0.1, 0.15) is 16.4 Å². The van der Waals surface area contributed by atoms with Crippen LogP contribution in [0.15, 0.2) is 27.8 Å². The van der Waals surface area contributed by atoms with Crippen molar-refractivity contribution < 1.29 is 14.0 Å². The van der Waals surface area contributed by atoms with Gasteiger partial charge < -0.3 is 14.0 Å². The Kier molecular flexibility index (Phi) is 3.47. The number of ether oxygens (including phenoxy) is 2. The van der Waals surface area contributed by atoms with Gasteiger partial charge in [0.25, 0.3) is 5.88 Å². The van der Waals surface area contributed by atoms with E-state index in [9.17, 15) is 0 Å². The maximum Gasteiger partial charge on any atom is 0.265 e. The van der Waals surface area contributed by atoms with Crippen molar-refractivity contribution in [3.8, 4) is 17.1 Å². The first-order valence-electron chi connectivity index (χ1n) is 4.35. The molecule has 0 saturated heterocycles. The molecule has 0 saturated carbocycles. The molecule has 0 aliphatic carbocycles. The first-order chi connectivity index (χ1) is 7.81. The van der Waals surface area contributed by atoms with Crippen molar-refractivity contribution in [1.82, 2.24) is 15.1 Å². The molecular weight excluding hydrogens is 278 g/mol. The minimum Gasteiger partial charge on any atom is -0.448 e. The van der Waals surface area contributed by atoms with E-state index in [1.807, 2.05) is 0 Å². The Morgan fingerprint density at radius 2 is 2.25 bits per heavy atom. The lowest BCUT2D eigenvalue weighted by molar-refractivity contribution is 0.0457. The van der Waals surface area contributed by atoms with Crippen molar-refractivity contribution in [2.75, 3.05) is 13.9 Å². The maximum absolute atomic E-state index is 5.20. The zero-order valence-corrected chi connectivity index (χ0v) is 9.97. The molecule has 0 unspecified atom stereocenters. The molecule has 0 amide bonds. The molecule has 0 aromatic carbocycles. The normalized spacial score (nSPS) is 10.4. The van der Waals surface area contributed by atoms with Gasteiger partial charge in [0.2, 0.25) is 0 Å². The largest absolute Gasteiger partial charge is 0.448 e. The van der Waals surface area contributed by atoms with Crippen LogP contribution >= 0.6 is 15.9 Å². The molecule has 6 nitrogen and oxygen atoms in total. The smallest absolute Gasteiger partial charge is 0.265 e. The van der Waals surface area contributed by atoms with Crippen LogP contribution in [0.3, 0.4) is 0 Å². The second kappa shape index (κ2) is 5.04. The summed E-state index contributed by atoms with van der Waals surface area (Å²) in [5.41, 5.74) is 1.26. The minimum absolute atomic E-state index is 0.101. The summed E-state index contributed by atoms with van der Waals surface area (Å²) in [5, 5.41) is 3.70. The van der Waals surface area contributed by atoms with E-state index < -0.39 is 0 Å². The summed E-state index contributed by atoms with van der Waals surface area (Å²) in [6, 6.07) is 0. The summed E-state index contributed by atoms with van der Waals surface area (Å²) < 4.78 is 15.5. The highest BCUT2D eigenvalue weighted by atomic mass is 79.9. The topological polar surface area (TPSA) is 70.3 Å². The van der Waals surface area contributed by atoms with Crippen LogP contribution in [-0.2, 0) is 4.74 Å². The maximum atomic E-state index is 5.20. The molecule has 0 aliphatic heterocycles. The zero-order chi connectivity index (χ0) is 11.4. The van der Waals surface area contributed by atoms with Crippen molar-refractivity contribution in [2.24, 2.45) is 0 Å². The second-order valence-electron chi connectivity index (χ2n) is 2.81. The van der Waals surface area contributed by atoms with Crippen molar-refractivity contribution in [3.63, 3.8) is 0 Å². The van der Waals surface area contributed by atoms with Gasteiger partial charge in [-0.3, -0.25) is 4.98 Å². The summed E-state index contributed by atoms with van der Waals surface area (Å²) >= 11 is 3.21. The number of hydrogen-bond acceptors (Lipinski definition) is 6. The zero-order valence-electron chi connectivity index (χ0n) is 8.38. The fourth-order valence-corrected chi connectivity index (χ4v) is 1.27. The molecule has 2 heterocycles. The Balaban J connectivity index is 2.26. The Labute approximate surface area is 99.7 Å². The fraction of sp³-hybridized carbons (Fsp3) is 0.222. The molecule has 0 N–H and O–H groups in total. The quantitative estimate of drug-likeness (QED) is 0.799. The van der Waals surface area contributed by atoms with Gasteiger partial charge in [-0.25, -0.2) is 4.98 Å². The summed E-state index contributed by atoms with van der Waals surface area (Å²) in [5.74, 6) is 0.332. The molecule has 16 heavy (non-hydrogen) atoms. The molecule has 0 aliphatic rings. The van der Waals surface area contributed by atoms with Crippen LogP contribution in [0.2, 0.25) is 0 Å². The lowest BCUT2D eigenvalue weighted by Crippen LogP contribution is -2.00. The van der Waals surface area contributed by atoms with Gasteiger partial charge in [0.15, 0.2) is 6.79 Å². The van der Waals surface area contributed by atoms with Crippen molar-refractivity contribution in [1.29, 1.82) is 0 Å². The van der Waals surface area contributed by atoms with Crippen LogP contribution < -0.4 is 4.74 Å². The summed E-state index contributed by atoms with van der Waals surface area (Å²) in [6.07, 6.45) is 4.63. The van der Waals surface area contributed by atoms with E-state index in [0.717, 1.165) is 0 Å². The minimum atomic E-state index is 0.101. The number of nitrogens with zero attached hydrogens (tertiary/aromatic N) is 3. The number of hydrogen-bond donors (Lipinski definition) is 0. The van der Waals surface area contributed by atoms with Crippen LogP contribution in [0.5, 0.6) is 5.88 Å². The summed E-state index contributed by atoms with van der Waals surface area (Å²) in [6.45, 7) is 0.101. The third-order valence-corrected chi connectivity index (χ3v) is 2.16. The van der Waals surface area contributed by atoms with Crippen molar-refractivity contribution >= 4 is 15.9 Å². The van der Waals surface area contributed by atoms with E-state index in [-0.39, 0.29) is 6.79 Å². The van der Waals surface area contributed by atoms with Crippen LogP contribution in [0.25, 0.3) is 11.3 Å². The average Bonchev–Trinajstić information content (AvgIpc) is 2.75. The Morgan fingerprint density at radius 1 is 1.38 bits per heavy atom. The molecular formula is C9H8BrN3O3. The highest BCUT2D eigenvalue weighted by Crippen LogP contribution is 2.26. The van der Waals surface area contributed by atoms with Crippen LogP contribution in [-0.4, -0.2) is 29.0 Å². The summed E-state index contributed by atoms with van der Waals surface area (Å²) in [7, 11) is 1.53. The number of halogens is 1. The second-order valence-corrected chi connectivity index (χ2v) is 3.62. The van der Waals surface area contributed by atoms with Crippen LogP contribution in [0.4, 0.5) is 0 Å². The number of aromatic nitrogens is 3. The van der Waals surface area contributed by atoms with Gasteiger partial charge in [-0.1, -0.05) is 0 Å². The van der Waals surface area contributed by atoms with Gasteiger partial charge in [0, 0.05) is 7.11 Å². The summed E-state index contributed by atoms with van der Waals surface area (Å²) in [4.78, 5) is 8.21. The molecule has 0 bridgehead atoms. The van der Waals surface area contributed by atoms with E-state index in [1.54, 1.807) is 12.4 Å². The first kappa shape index (κ1) is 11.0. The lowest BCUT2D eigenvalue weighted by atomic mass is 10.2. The Bertz CT molecular complexity index is 457. The first-order valence-corrected chi connectivity index (χ1v) is 5.14. The van der Waals surface area contributed by atoms with Crippen molar-refractivity contribution in [2.45, 2.75) is 0 Å². The number of methoxy groups -OCH3 is 1. The molecule has 84 valence electrons. The third kappa shape index (κ3) is 2.37. The van der Waals surface area contributed by atoms with Gasteiger partial charge in [-0.15, -0.1) is 0 Å². The van der Waals surface area contributed by atoms with Crippen molar-refractivity contribution in [3.05, 3.63) is 23.3 Å². The highest BCUT2D eigenvalue weighted by Gasteiger charge is 2.12. The number of rotatable bonds is 4. The van der Waals surface area contributed by atoms with E-state index >= 15 is 0 Å². The van der Waals surface area contributed by atoms with Gasteiger partial charge in [-0.2, -0.15) is 0 Å². The average molecular weight is 286 g/mol. The van der Waals surface area contributed by atoms with E-state index in [1.165, 1.54) is 13.4 Å². The molecule has 2 aromatic rings. The predicted molar refractivity (Wildman–Crippen MR) is 57.7 cm³/mol. The van der Waals surface area contributed by atoms with Crippen LogP contribution in [0, 0.1) is 0 Å². The predicted octanol–water partition coefficient (Wildman–Crippen LogP) is 1.88. The molecule has 7 heteroatoms. The molecule has 2 rings (SSSR count). The van der Waals surface area contributed by atoms with Gasteiger partial charge in [0.05, 0.1) is 18.1 Å². The molecule has 0 atom stereocenters. The van der Waals surface area contributed by atoms with Crippen LogP contribution in [0.1, 0.15) is 0 Å². The fourth-order valence-electron chi connectivity index (χ4n) is 1.07. The van der Waals surface area contributed by atoms with Gasteiger partial charge >= 0.3 is 0 Å².